The molecule has 1 aliphatic rings. The summed E-state index contributed by atoms with van der Waals surface area (Å²) in [5.41, 5.74) is 0. The van der Waals surface area contributed by atoms with Gasteiger partial charge in [-0.15, -0.1) is 0 Å². The van der Waals surface area contributed by atoms with Gasteiger partial charge in [0.15, 0.2) is 6.29 Å². The molecule has 0 saturated carbocycles. The van der Waals surface area contributed by atoms with Gasteiger partial charge in [-0.25, -0.2) is 4.79 Å². The van der Waals surface area contributed by atoms with Gasteiger partial charge in [0.05, 0.1) is 0 Å². The van der Waals surface area contributed by atoms with E-state index in [1.165, 1.54) is 0 Å². The van der Waals surface area contributed by atoms with E-state index in [1.807, 2.05) is 0 Å². The van der Waals surface area contributed by atoms with Crippen molar-refractivity contribution < 1.29 is 39.1 Å². The molecule has 0 aromatic rings. The predicted octanol–water partition coefficient (Wildman–Crippen LogP) is -0.546. The van der Waals surface area contributed by atoms with Crippen LogP contribution in [0.25, 0.3) is 0 Å². The Kier molecular flexibility index (Phi) is 7.59. The second-order valence-corrected chi connectivity index (χ2v) is 7.23. The number of nitrogens with one attached hydrogen (secondary N) is 1. The van der Waals surface area contributed by atoms with Crippen LogP contribution in [0.15, 0.2) is 0 Å². The lowest BCUT2D eigenvalue weighted by molar-refractivity contribution is -0.254. The number of esters is 1. The van der Waals surface area contributed by atoms with E-state index in [0.717, 1.165) is 6.92 Å². The first-order valence-corrected chi connectivity index (χ1v) is 7.47. The number of carbonyl (C=O) groups excluding carboxylic acids is 2. The number of aliphatic hydroxyl groups is 3. The molecule has 1 aliphatic heterocycles. The molecule has 23 heavy (non-hydrogen) atoms. The molecule has 1 heterocycles. The van der Waals surface area contributed by atoms with Crippen molar-refractivity contribution in [3.8, 4) is 0 Å². The van der Waals surface area contributed by atoms with E-state index >= 15 is 0 Å². The average Bonchev–Trinajstić information content (AvgIpc) is 2.43. The number of rotatable bonds is 4. The van der Waals surface area contributed by atoms with Gasteiger partial charge >= 0.3 is 12.1 Å². The fourth-order valence-electron chi connectivity index (χ4n) is 1.76. The second kappa shape index (κ2) is 8.52. The van der Waals surface area contributed by atoms with Crippen molar-refractivity contribution in [3.63, 3.8) is 0 Å². The van der Waals surface area contributed by atoms with Gasteiger partial charge in [0.25, 0.3) is 0 Å². The molecule has 1 fully saturated rings. The summed E-state index contributed by atoms with van der Waals surface area (Å²) in [5, 5.41) is 31.7. The molecule has 134 valence electrons. The van der Waals surface area contributed by atoms with Crippen molar-refractivity contribution in [1.82, 2.24) is 5.32 Å². The maximum atomic E-state index is 11.5. The molecule has 0 aromatic carbocycles. The van der Waals surface area contributed by atoms with Crippen molar-refractivity contribution in [2.75, 3.05) is 13.2 Å². The van der Waals surface area contributed by atoms with Gasteiger partial charge in [-0.2, -0.15) is 0 Å². The minimum atomic E-state index is -1.83. The topological polar surface area (TPSA) is 135 Å². The fraction of sp³-hybridized carbons (Fsp3) is 0.818. The number of alkyl carbamates (subject to hydrolysis) is 1. The van der Waals surface area contributed by atoms with E-state index < -0.39 is 53.1 Å². The molecule has 1 amide bonds. The van der Waals surface area contributed by atoms with Gasteiger partial charge in [0.2, 0.25) is 3.79 Å². The molecule has 2 unspecified atom stereocenters. The van der Waals surface area contributed by atoms with Crippen LogP contribution in [0, 0.1) is 0 Å². The molecule has 12 heteroatoms. The Morgan fingerprint density at radius 3 is 2.30 bits per heavy atom. The molecular weight excluding hydrogens is 380 g/mol. The Morgan fingerprint density at radius 1 is 1.17 bits per heavy atom. The SMILES string of the molecule is CC(=O)OCC1O[C@@H](O)[C@@H](NC(=O)OCC(Cl)(Cl)Cl)C(O)[C@@H]1O. The number of alkyl halides is 3. The third kappa shape index (κ3) is 6.84. The Morgan fingerprint density at radius 2 is 1.78 bits per heavy atom. The summed E-state index contributed by atoms with van der Waals surface area (Å²) in [6, 6.07) is -1.40. The lowest BCUT2D eigenvalue weighted by Gasteiger charge is -2.40. The highest BCUT2D eigenvalue weighted by Crippen LogP contribution is 2.26. The van der Waals surface area contributed by atoms with E-state index in [-0.39, 0.29) is 6.61 Å². The first-order valence-electron chi connectivity index (χ1n) is 6.34. The van der Waals surface area contributed by atoms with Crippen LogP contribution in [0.2, 0.25) is 0 Å². The highest BCUT2D eigenvalue weighted by atomic mass is 35.6. The molecule has 0 radical (unpaired) electrons. The Hall–Kier alpha value is -0.550. The number of ether oxygens (including phenoxy) is 3. The van der Waals surface area contributed by atoms with Gasteiger partial charge in [0, 0.05) is 6.92 Å². The zero-order valence-corrected chi connectivity index (χ0v) is 14.1. The van der Waals surface area contributed by atoms with Crippen LogP contribution in [-0.2, 0) is 19.0 Å². The largest absolute Gasteiger partial charge is 0.463 e. The molecule has 5 atom stereocenters. The van der Waals surface area contributed by atoms with Crippen LogP contribution in [0.1, 0.15) is 6.92 Å². The van der Waals surface area contributed by atoms with Gasteiger partial charge in [-0.05, 0) is 0 Å². The summed E-state index contributed by atoms with van der Waals surface area (Å²) in [6.45, 7) is 0.197. The van der Waals surface area contributed by atoms with Gasteiger partial charge < -0.3 is 34.8 Å². The van der Waals surface area contributed by atoms with Gasteiger partial charge in [-0.3, -0.25) is 4.79 Å². The van der Waals surface area contributed by atoms with Crippen molar-refractivity contribution in [3.05, 3.63) is 0 Å². The quantitative estimate of drug-likeness (QED) is 0.367. The fourth-order valence-corrected chi connectivity index (χ4v) is 1.93. The minimum absolute atomic E-state index is 0.380. The number of amides is 1. The van der Waals surface area contributed by atoms with Gasteiger partial charge in [0.1, 0.15) is 37.6 Å². The molecule has 9 nitrogen and oxygen atoms in total. The minimum Gasteiger partial charge on any atom is -0.463 e. The highest BCUT2D eigenvalue weighted by Gasteiger charge is 2.45. The first-order chi connectivity index (χ1) is 10.5. The van der Waals surface area contributed by atoms with Crippen LogP contribution in [0.5, 0.6) is 0 Å². The standard InChI is InChI=1S/C11H16Cl3NO8/c1-4(16)21-2-5-7(17)8(18)6(9(19)23-5)15-10(20)22-3-11(12,13)14/h5-9,17-19H,2-3H2,1H3,(H,15,20)/t5?,6-,7+,8?,9+/m0/s1. The summed E-state index contributed by atoms with van der Waals surface area (Å²) >= 11 is 16.2. The Labute approximate surface area is 146 Å². The maximum absolute atomic E-state index is 11.5. The normalized spacial score (nSPS) is 31.3. The van der Waals surface area contributed by atoms with Crippen LogP contribution < -0.4 is 5.32 Å². The smallest absolute Gasteiger partial charge is 0.407 e. The number of carbonyl (C=O) groups is 2. The summed E-state index contributed by atoms with van der Waals surface area (Å²) in [7, 11) is 0. The number of halogens is 3. The molecule has 0 aliphatic carbocycles. The zero-order chi connectivity index (χ0) is 17.8. The van der Waals surface area contributed by atoms with Crippen molar-refractivity contribution in [2.45, 2.75) is 41.4 Å². The molecule has 0 spiro atoms. The molecule has 4 N–H and O–H groups in total. The number of aliphatic hydroxyl groups excluding tert-OH is 3. The molecular formula is C11H16Cl3NO8. The monoisotopic (exact) mass is 395 g/mol. The zero-order valence-electron chi connectivity index (χ0n) is 11.8. The Balaban J connectivity index is 2.58. The Bertz CT molecular complexity index is 432. The van der Waals surface area contributed by atoms with Crippen LogP contribution >= 0.6 is 34.8 Å². The predicted molar refractivity (Wildman–Crippen MR) is 78.1 cm³/mol. The molecule has 1 rings (SSSR count). The van der Waals surface area contributed by atoms with Crippen LogP contribution in [0.3, 0.4) is 0 Å². The van der Waals surface area contributed by atoms with Crippen molar-refractivity contribution in [2.24, 2.45) is 0 Å². The van der Waals surface area contributed by atoms with Gasteiger partial charge in [-0.1, -0.05) is 34.8 Å². The third-order valence-corrected chi connectivity index (χ3v) is 3.15. The van der Waals surface area contributed by atoms with Crippen LogP contribution in [-0.4, -0.2) is 75.0 Å². The van der Waals surface area contributed by atoms with E-state index in [9.17, 15) is 24.9 Å². The maximum Gasteiger partial charge on any atom is 0.407 e. The highest BCUT2D eigenvalue weighted by molar-refractivity contribution is 6.67. The van der Waals surface area contributed by atoms with Crippen LogP contribution in [0.4, 0.5) is 4.79 Å². The molecule has 0 aromatic heterocycles. The number of hydrogen-bond acceptors (Lipinski definition) is 8. The van der Waals surface area contributed by atoms with E-state index in [4.69, 9.17) is 39.5 Å². The summed E-state index contributed by atoms with van der Waals surface area (Å²) in [6.07, 6.45) is -7.10. The summed E-state index contributed by atoms with van der Waals surface area (Å²) < 4.78 is 12.4. The van der Waals surface area contributed by atoms with Crippen molar-refractivity contribution >= 4 is 46.9 Å². The summed E-state index contributed by atoms with van der Waals surface area (Å²) in [5.74, 6) is -0.625. The number of hydrogen-bond donors (Lipinski definition) is 4. The van der Waals surface area contributed by atoms with E-state index in [1.54, 1.807) is 0 Å². The molecule has 1 saturated heterocycles. The summed E-state index contributed by atoms with van der Waals surface area (Å²) in [4.78, 5) is 22.2. The third-order valence-electron chi connectivity index (χ3n) is 2.82. The second-order valence-electron chi connectivity index (χ2n) is 4.71. The first kappa shape index (κ1) is 20.5. The molecule has 0 bridgehead atoms. The lowest BCUT2D eigenvalue weighted by atomic mass is 9.97. The van der Waals surface area contributed by atoms with E-state index in [2.05, 4.69) is 14.8 Å². The average molecular weight is 397 g/mol. The lowest BCUT2D eigenvalue weighted by Crippen LogP contribution is -2.64. The van der Waals surface area contributed by atoms with Crippen molar-refractivity contribution in [1.29, 1.82) is 0 Å². The van der Waals surface area contributed by atoms with E-state index in [0.29, 0.717) is 0 Å².